The fourth-order valence-corrected chi connectivity index (χ4v) is 2.93. The van der Waals surface area contributed by atoms with E-state index in [9.17, 15) is 4.79 Å². The first-order chi connectivity index (χ1) is 10.2. The van der Waals surface area contributed by atoms with Crippen molar-refractivity contribution in [3.05, 3.63) is 58.8 Å². The first kappa shape index (κ1) is 13.8. The standard InChI is InChI=1S/C18H20N2O/c1-3-17(21)16-10-13(2)18(19-11-16)20-9-8-14-6-4-5-7-15(14)12-20/h4-7,10-11H,3,8-9,12H2,1-2H3. The van der Waals surface area contributed by atoms with Crippen molar-refractivity contribution in [3.8, 4) is 0 Å². The first-order valence-corrected chi connectivity index (χ1v) is 7.50. The molecule has 0 N–H and O–H groups in total. The van der Waals surface area contributed by atoms with Gasteiger partial charge in [0.2, 0.25) is 0 Å². The zero-order valence-corrected chi connectivity index (χ0v) is 12.6. The molecule has 1 aliphatic rings. The van der Waals surface area contributed by atoms with E-state index in [4.69, 9.17) is 0 Å². The summed E-state index contributed by atoms with van der Waals surface area (Å²) in [5.74, 6) is 1.15. The fraction of sp³-hybridized carbons (Fsp3) is 0.333. The van der Waals surface area contributed by atoms with Gasteiger partial charge in [-0.25, -0.2) is 4.98 Å². The molecular weight excluding hydrogens is 260 g/mol. The average molecular weight is 280 g/mol. The van der Waals surface area contributed by atoms with Gasteiger partial charge >= 0.3 is 0 Å². The van der Waals surface area contributed by atoms with Crippen LogP contribution in [0.5, 0.6) is 0 Å². The number of aromatic nitrogens is 1. The van der Waals surface area contributed by atoms with E-state index in [1.807, 2.05) is 19.9 Å². The average Bonchev–Trinajstić information content (AvgIpc) is 2.53. The van der Waals surface area contributed by atoms with Gasteiger partial charge in [-0.15, -0.1) is 0 Å². The molecule has 2 heterocycles. The zero-order chi connectivity index (χ0) is 14.8. The van der Waals surface area contributed by atoms with E-state index in [0.29, 0.717) is 6.42 Å². The molecule has 0 aliphatic carbocycles. The van der Waals surface area contributed by atoms with Crippen LogP contribution in [-0.4, -0.2) is 17.3 Å². The first-order valence-electron chi connectivity index (χ1n) is 7.50. The molecule has 2 aromatic rings. The van der Waals surface area contributed by atoms with Crippen LogP contribution in [0.3, 0.4) is 0 Å². The summed E-state index contributed by atoms with van der Waals surface area (Å²) in [5, 5.41) is 0. The summed E-state index contributed by atoms with van der Waals surface area (Å²) in [4.78, 5) is 18.6. The number of fused-ring (bicyclic) bond motifs is 1. The lowest BCUT2D eigenvalue weighted by atomic mass is 9.99. The minimum atomic E-state index is 0.154. The molecule has 0 radical (unpaired) electrons. The van der Waals surface area contributed by atoms with Crippen LogP contribution in [-0.2, 0) is 13.0 Å². The number of aryl methyl sites for hydroxylation is 1. The highest BCUT2D eigenvalue weighted by atomic mass is 16.1. The molecular formula is C18H20N2O. The summed E-state index contributed by atoms with van der Waals surface area (Å²) >= 11 is 0. The molecule has 21 heavy (non-hydrogen) atoms. The Morgan fingerprint density at radius 1 is 1.29 bits per heavy atom. The SMILES string of the molecule is CCC(=O)c1cnc(N2CCc3ccccc3C2)c(C)c1. The van der Waals surface area contributed by atoms with Gasteiger partial charge in [-0.2, -0.15) is 0 Å². The van der Waals surface area contributed by atoms with Crippen LogP contribution in [0.15, 0.2) is 36.5 Å². The molecule has 1 aromatic heterocycles. The fourth-order valence-electron chi connectivity index (χ4n) is 2.93. The Hall–Kier alpha value is -2.16. The molecule has 1 aliphatic heterocycles. The van der Waals surface area contributed by atoms with E-state index in [1.165, 1.54) is 11.1 Å². The minimum absolute atomic E-state index is 0.154. The van der Waals surface area contributed by atoms with Crippen LogP contribution in [0, 0.1) is 6.92 Å². The summed E-state index contributed by atoms with van der Waals surface area (Å²) in [5.41, 5.74) is 4.60. The van der Waals surface area contributed by atoms with Gasteiger partial charge < -0.3 is 4.90 Å². The molecule has 3 rings (SSSR count). The van der Waals surface area contributed by atoms with Gasteiger partial charge in [-0.1, -0.05) is 31.2 Å². The number of pyridine rings is 1. The molecule has 0 bridgehead atoms. The molecule has 0 fully saturated rings. The van der Waals surface area contributed by atoms with E-state index in [0.717, 1.165) is 36.5 Å². The molecule has 0 saturated carbocycles. The number of ketones is 1. The molecule has 0 spiro atoms. The lowest BCUT2D eigenvalue weighted by Gasteiger charge is -2.30. The Morgan fingerprint density at radius 2 is 2.05 bits per heavy atom. The quantitative estimate of drug-likeness (QED) is 0.806. The Morgan fingerprint density at radius 3 is 2.76 bits per heavy atom. The number of Topliss-reactive ketones (excluding diaryl/α,β-unsaturated/α-hetero) is 1. The molecule has 0 amide bonds. The molecule has 108 valence electrons. The molecule has 0 saturated heterocycles. The lowest BCUT2D eigenvalue weighted by Crippen LogP contribution is -2.31. The summed E-state index contributed by atoms with van der Waals surface area (Å²) < 4.78 is 0. The maximum Gasteiger partial charge on any atom is 0.164 e. The smallest absolute Gasteiger partial charge is 0.164 e. The van der Waals surface area contributed by atoms with Crippen LogP contribution in [0.4, 0.5) is 5.82 Å². The third-order valence-corrected chi connectivity index (χ3v) is 4.12. The number of benzene rings is 1. The Balaban J connectivity index is 1.87. The summed E-state index contributed by atoms with van der Waals surface area (Å²) in [6.07, 6.45) is 3.29. The second-order valence-electron chi connectivity index (χ2n) is 5.58. The number of hydrogen-bond acceptors (Lipinski definition) is 3. The number of nitrogens with zero attached hydrogens (tertiary/aromatic N) is 2. The number of anilines is 1. The van der Waals surface area contributed by atoms with Crippen molar-refractivity contribution in [3.63, 3.8) is 0 Å². The third-order valence-electron chi connectivity index (χ3n) is 4.12. The Labute approximate surface area is 125 Å². The van der Waals surface area contributed by atoms with E-state index in [1.54, 1.807) is 6.20 Å². The van der Waals surface area contributed by atoms with Crippen LogP contribution >= 0.6 is 0 Å². The van der Waals surface area contributed by atoms with Gasteiger partial charge in [0.1, 0.15) is 5.82 Å². The van der Waals surface area contributed by atoms with Crippen LogP contribution in [0.2, 0.25) is 0 Å². The van der Waals surface area contributed by atoms with Crippen molar-refractivity contribution >= 4 is 11.6 Å². The number of carbonyl (C=O) groups is 1. The highest BCUT2D eigenvalue weighted by molar-refractivity contribution is 5.96. The van der Waals surface area contributed by atoms with E-state index in [-0.39, 0.29) is 5.78 Å². The molecule has 3 heteroatoms. The lowest BCUT2D eigenvalue weighted by molar-refractivity contribution is 0.0987. The highest BCUT2D eigenvalue weighted by Gasteiger charge is 2.19. The second-order valence-corrected chi connectivity index (χ2v) is 5.58. The largest absolute Gasteiger partial charge is 0.352 e. The Kier molecular flexibility index (Phi) is 3.74. The van der Waals surface area contributed by atoms with E-state index < -0.39 is 0 Å². The van der Waals surface area contributed by atoms with E-state index >= 15 is 0 Å². The van der Waals surface area contributed by atoms with Gasteiger partial charge in [-0.05, 0) is 36.1 Å². The minimum Gasteiger partial charge on any atom is -0.352 e. The van der Waals surface area contributed by atoms with Crippen molar-refractivity contribution in [2.45, 2.75) is 33.2 Å². The van der Waals surface area contributed by atoms with Gasteiger partial charge in [0.05, 0.1) is 0 Å². The van der Waals surface area contributed by atoms with Crippen LogP contribution in [0.1, 0.15) is 40.4 Å². The van der Waals surface area contributed by atoms with Crippen LogP contribution < -0.4 is 4.90 Å². The molecule has 0 unspecified atom stereocenters. The maximum absolute atomic E-state index is 11.8. The number of carbonyl (C=O) groups excluding carboxylic acids is 1. The second kappa shape index (κ2) is 5.68. The number of rotatable bonds is 3. The zero-order valence-electron chi connectivity index (χ0n) is 12.6. The normalized spacial score (nSPS) is 13.9. The van der Waals surface area contributed by atoms with Gasteiger partial charge in [-0.3, -0.25) is 4.79 Å². The topological polar surface area (TPSA) is 33.2 Å². The summed E-state index contributed by atoms with van der Waals surface area (Å²) in [6.45, 7) is 5.79. The van der Waals surface area contributed by atoms with Crippen molar-refractivity contribution in [2.75, 3.05) is 11.4 Å². The predicted octanol–water partition coefficient (Wildman–Crippen LogP) is 3.55. The van der Waals surface area contributed by atoms with Gasteiger partial charge in [0, 0.05) is 31.3 Å². The van der Waals surface area contributed by atoms with Crippen molar-refractivity contribution in [1.82, 2.24) is 4.98 Å². The molecule has 3 nitrogen and oxygen atoms in total. The molecule has 0 atom stereocenters. The van der Waals surface area contributed by atoms with Gasteiger partial charge in [0.25, 0.3) is 0 Å². The predicted molar refractivity (Wildman–Crippen MR) is 84.8 cm³/mol. The van der Waals surface area contributed by atoms with E-state index in [2.05, 4.69) is 34.1 Å². The molecule has 1 aromatic carbocycles. The van der Waals surface area contributed by atoms with Crippen molar-refractivity contribution in [1.29, 1.82) is 0 Å². The summed E-state index contributed by atoms with van der Waals surface area (Å²) in [7, 11) is 0. The monoisotopic (exact) mass is 280 g/mol. The Bertz CT molecular complexity index is 679. The van der Waals surface area contributed by atoms with Crippen molar-refractivity contribution < 1.29 is 4.79 Å². The van der Waals surface area contributed by atoms with Gasteiger partial charge in [0.15, 0.2) is 5.78 Å². The maximum atomic E-state index is 11.8. The van der Waals surface area contributed by atoms with Crippen LogP contribution in [0.25, 0.3) is 0 Å². The van der Waals surface area contributed by atoms with Crippen molar-refractivity contribution in [2.24, 2.45) is 0 Å². The third kappa shape index (κ3) is 2.68. The summed E-state index contributed by atoms with van der Waals surface area (Å²) in [6, 6.07) is 10.5. The highest BCUT2D eigenvalue weighted by Crippen LogP contribution is 2.25. The number of hydrogen-bond donors (Lipinski definition) is 0.